The Bertz CT molecular complexity index is 1930. The molecule has 0 unspecified atom stereocenters. The van der Waals surface area contributed by atoms with Crippen LogP contribution in [0.4, 0.5) is 0 Å². The third-order valence-corrected chi connectivity index (χ3v) is 7.22. The third kappa shape index (κ3) is 7.47. The molecule has 3 heterocycles. The van der Waals surface area contributed by atoms with Crippen molar-refractivity contribution in [3.63, 3.8) is 0 Å². The molecule has 4 aromatic carbocycles. The van der Waals surface area contributed by atoms with Crippen LogP contribution in [0.1, 0.15) is 41.5 Å². The monoisotopic (exact) mass is 773 g/mol. The molecule has 45 heavy (non-hydrogen) atoms. The van der Waals surface area contributed by atoms with Gasteiger partial charge in [-0.25, -0.2) is 0 Å². The van der Waals surface area contributed by atoms with Crippen LogP contribution in [0.15, 0.2) is 114 Å². The van der Waals surface area contributed by atoms with Gasteiger partial charge >= 0.3 is 0 Å². The van der Waals surface area contributed by atoms with Crippen molar-refractivity contribution in [2.75, 3.05) is 0 Å². The number of rotatable bonds is 2. The van der Waals surface area contributed by atoms with E-state index >= 15 is 0 Å². The predicted octanol–water partition coefficient (Wildman–Crippen LogP) is 10.2. The van der Waals surface area contributed by atoms with Crippen LogP contribution in [0, 0.1) is 23.0 Å². The van der Waals surface area contributed by atoms with Gasteiger partial charge in [0.2, 0.25) is 0 Å². The maximum Gasteiger partial charge on any atom is 0.164 e. The Kier molecular flexibility index (Phi) is 10.2. The maximum absolute atomic E-state index is 11.5. The molecule has 1 radical (unpaired) electrons. The topological polar surface area (TPSA) is 76.2 Å². The van der Waals surface area contributed by atoms with Gasteiger partial charge in [0, 0.05) is 65.7 Å². The van der Waals surface area contributed by atoms with Crippen LogP contribution in [0.25, 0.3) is 54.9 Å². The quantitative estimate of drug-likeness (QED) is 0.0820. The molecule has 231 valence electrons. The van der Waals surface area contributed by atoms with Crippen LogP contribution in [-0.2, 0) is 24.9 Å². The first kappa shape index (κ1) is 33.5. The second kappa shape index (κ2) is 13.7. The molecule has 0 fully saturated rings. The smallest absolute Gasteiger partial charge is 0.164 e. The van der Waals surface area contributed by atoms with Crippen LogP contribution in [0.2, 0.25) is 0 Å². The Morgan fingerprint density at radius 2 is 1.44 bits per heavy atom. The molecule has 0 atom stereocenters. The number of carbonyl (C=O) groups is 1. The SMILES string of the molecule is CC(C)(C)C(=O)/C=C(\O)C(C)(C)C.[Ir].[c-]1cccc2c1c1nccc3oc4cccc2c4c31.[c-]1ccccc1-c1ccccn1. The molecule has 0 aliphatic carbocycles. The summed E-state index contributed by atoms with van der Waals surface area (Å²) in [4.78, 5) is 20.2. The van der Waals surface area contributed by atoms with Crippen molar-refractivity contribution in [2.24, 2.45) is 10.8 Å². The summed E-state index contributed by atoms with van der Waals surface area (Å²) in [6, 6.07) is 34.3. The van der Waals surface area contributed by atoms with Crippen molar-refractivity contribution in [3.05, 3.63) is 121 Å². The molecule has 0 aliphatic rings. The zero-order chi connectivity index (χ0) is 31.5. The minimum Gasteiger partial charge on any atom is -0.512 e. The zero-order valence-electron chi connectivity index (χ0n) is 26.3. The van der Waals surface area contributed by atoms with Crippen molar-refractivity contribution >= 4 is 49.4 Å². The Morgan fingerprint density at radius 1 is 0.733 bits per heavy atom. The minimum absolute atomic E-state index is 0. The number of carbonyl (C=O) groups excluding carboxylic acids is 1. The molecule has 0 amide bonds. The Morgan fingerprint density at radius 3 is 2.11 bits per heavy atom. The molecule has 7 aromatic rings. The minimum atomic E-state index is -0.417. The number of aliphatic hydroxyl groups is 1. The summed E-state index contributed by atoms with van der Waals surface area (Å²) in [6.45, 7) is 11.1. The first-order valence-electron chi connectivity index (χ1n) is 14.6. The number of hydrogen-bond donors (Lipinski definition) is 1. The van der Waals surface area contributed by atoms with Crippen molar-refractivity contribution in [2.45, 2.75) is 41.5 Å². The number of nitrogens with zero attached hydrogens (tertiary/aromatic N) is 2. The number of hydrogen-bond acceptors (Lipinski definition) is 5. The number of fused-ring (bicyclic) bond motifs is 3. The molecule has 0 saturated carbocycles. The number of pyridine rings is 2. The molecule has 0 aliphatic heterocycles. The van der Waals surface area contributed by atoms with Gasteiger partial charge < -0.3 is 19.5 Å². The van der Waals surface area contributed by atoms with Crippen LogP contribution in [-0.4, -0.2) is 20.9 Å². The van der Waals surface area contributed by atoms with Gasteiger partial charge in [0.05, 0.1) is 0 Å². The van der Waals surface area contributed by atoms with Crippen LogP contribution in [0.3, 0.4) is 0 Å². The van der Waals surface area contributed by atoms with Gasteiger partial charge in [0.15, 0.2) is 5.78 Å². The third-order valence-electron chi connectivity index (χ3n) is 7.22. The van der Waals surface area contributed by atoms with Gasteiger partial charge in [-0.1, -0.05) is 71.2 Å². The van der Waals surface area contributed by atoms with Gasteiger partial charge in [-0.2, -0.15) is 0 Å². The first-order valence-corrected chi connectivity index (χ1v) is 14.6. The number of furan rings is 1. The van der Waals surface area contributed by atoms with E-state index < -0.39 is 5.41 Å². The number of benzene rings is 4. The molecule has 3 aromatic heterocycles. The summed E-state index contributed by atoms with van der Waals surface area (Å²) in [7, 11) is 0. The molecule has 7 rings (SSSR count). The number of aliphatic hydroxyl groups excluding tert-OH is 1. The first-order chi connectivity index (χ1) is 20.9. The van der Waals surface area contributed by atoms with E-state index in [1.54, 1.807) is 12.4 Å². The molecule has 6 heteroatoms. The van der Waals surface area contributed by atoms with E-state index in [2.05, 4.69) is 34.2 Å². The fraction of sp³-hybridized carbons (Fsp3) is 0.205. The van der Waals surface area contributed by atoms with E-state index in [1.807, 2.05) is 114 Å². The normalized spacial score (nSPS) is 11.9. The van der Waals surface area contributed by atoms with Gasteiger partial charge in [-0.3, -0.25) is 4.79 Å². The van der Waals surface area contributed by atoms with Gasteiger partial charge in [0.25, 0.3) is 0 Å². The molecule has 5 nitrogen and oxygen atoms in total. The molecule has 0 bridgehead atoms. The fourth-order valence-electron chi connectivity index (χ4n) is 4.67. The summed E-state index contributed by atoms with van der Waals surface area (Å²) in [6.07, 6.45) is 4.92. The van der Waals surface area contributed by atoms with Crippen LogP contribution < -0.4 is 0 Å². The Balaban J connectivity index is 0.000000159. The second-order valence-corrected chi connectivity index (χ2v) is 12.7. The standard InChI is InChI=1S/C17H8NO.C11H8N.C11H20O2.Ir/c1-2-5-12-10(4-1)11-6-3-7-13-15(11)16-14(19-13)8-9-18-17(12)16;1-2-6-10(7-3-1)11-8-4-5-9-12-11;1-10(2,3)8(12)7-9(13)11(4,5)6;/h1-4,6-9H;1-6,8-9H;7,12H,1-6H3;/q2*-1;;/b;;8-7-;. The van der Waals surface area contributed by atoms with Gasteiger partial charge in [-0.05, 0) is 29.3 Å². The average molecular weight is 773 g/mol. The van der Waals surface area contributed by atoms with E-state index in [-0.39, 0.29) is 37.1 Å². The molecule has 0 saturated heterocycles. The summed E-state index contributed by atoms with van der Waals surface area (Å²) < 4.78 is 5.93. The van der Waals surface area contributed by atoms with Crippen molar-refractivity contribution < 1.29 is 34.4 Å². The zero-order valence-corrected chi connectivity index (χ0v) is 28.7. The van der Waals surface area contributed by atoms with Crippen molar-refractivity contribution in [1.82, 2.24) is 9.97 Å². The Hall–Kier alpha value is -4.38. The number of allylic oxidation sites excluding steroid dienone is 2. The second-order valence-electron chi connectivity index (χ2n) is 12.7. The van der Waals surface area contributed by atoms with E-state index in [1.165, 1.54) is 22.2 Å². The van der Waals surface area contributed by atoms with E-state index in [0.29, 0.717) is 0 Å². The van der Waals surface area contributed by atoms with Crippen molar-refractivity contribution in [3.8, 4) is 11.3 Å². The molecule has 0 spiro atoms. The van der Waals surface area contributed by atoms with E-state index in [9.17, 15) is 9.90 Å². The number of aromatic nitrogens is 2. The van der Waals surface area contributed by atoms with E-state index in [0.717, 1.165) is 38.7 Å². The van der Waals surface area contributed by atoms with E-state index in [4.69, 9.17) is 4.42 Å². The Labute approximate surface area is 277 Å². The predicted molar refractivity (Wildman–Crippen MR) is 180 cm³/mol. The summed E-state index contributed by atoms with van der Waals surface area (Å²) >= 11 is 0. The summed E-state index contributed by atoms with van der Waals surface area (Å²) in [5.41, 5.74) is 4.05. The molecular formula is C39H36IrN2O3-2. The summed E-state index contributed by atoms with van der Waals surface area (Å²) in [5.74, 6) is 0.104. The van der Waals surface area contributed by atoms with Crippen LogP contribution in [0.5, 0.6) is 0 Å². The molecule has 1 N–H and O–H groups in total. The van der Waals surface area contributed by atoms with Gasteiger partial charge in [-0.15, -0.1) is 65.5 Å². The van der Waals surface area contributed by atoms with Crippen LogP contribution >= 0.6 is 0 Å². The molecular weight excluding hydrogens is 737 g/mol. The largest absolute Gasteiger partial charge is 0.512 e. The van der Waals surface area contributed by atoms with Gasteiger partial charge in [0.1, 0.15) is 16.9 Å². The van der Waals surface area contributed by atoms with Crippen molar-refractivity contribution in [1.29, 1.82) is 0 Å². The maximum atomic E-state index is 11.5. The average Bonchev–Trinajstić information content (AvgIpc) is 3.41. The number of ketones is 1. The fourth-order valence-corrected chi connectivity index (χ4v) is 4.67. The summed E-state index contributed by atoms with van der Waals surface area (Å²) in [5, 5.41) is 15.3.